The number of pyridine rings is 2. The molecule has 12 nitrogen and oxygen atoms in total. The van der Waals surface area contributed by atoms with Crippen molar-refractivity contribution in [2.45, 2.75) is 19.5 Å². The SMILES string of the molecule is Cc1nc(-c2ccncc2)[nH]c(=O)c1Cc1nc(-c2ccc(N3CCN(C)CC3)nc2)no1.O=C(O)C(F)(F)F. The number of halogens is 3. The average molecular weight is 559 g/mol. The molecule has 0 aromatic carbocycles. The van der Waals surface area contributed by atoms with Crippen molar-refractivity contribution in [3.63, 3.8) is 0 Å². The van der Waals surface area contributed by atoms with Gasteiger partial charge in [-0.15, -0.1) is 0 Å². The summed E-state index contributed by atoms with van der Waals surface area (Å²) in [4.78, 5) is 46.6. The molecular weight excluding hydrogens is 533 g/mol. The number of rotatable bonds is 5. The number of carbonyl (C=O) groups is 1. The Hall–Kier alpha value is -4.66. The van der Waals surface area contributed by atoms with Gasteiger partial charge in [-0.3, -0.25) is 9.78 Å². The molecule has 5 heterocycles. The van der Waals surface area contributed by atoms with Gasteiger partial charge >= 0.3 is 12.1 Å². The van der Waals surface area contributed by atoms with Gasteiger partial charge in [-0.25, -0.2) is 14.8 Å². The van der Waals surface area contributed by atoms with Crippen LogP contribution in [0.5, 0.6) is 0 Å². The molecule has 1 fully saturated rings. The zero-order valence-corrected chi connectivity index (χ0v) is 21.5. The molecule has 1 aliphatic heterocycles. The van der Waals surface area contributed by atoms with E-state index in [1.54, 1.807) is 37.6 Å². The Morgan fingerprint density at radius 2 is 1.75 bits per heavy atom. The molecule has 40 heavy (non-hydrogen) atoms. The molecule has 0 amide bonds. The highest BCUT2D eigenvalue weighted by atomic mass is 19.4. The van der Waals surface area contributed by atoms with E-state index < -0.39 is 12.1 Å². The van der Waals surface area contributed by atoms with Crippen LogP contribution in [0.1, 0.15) is 17.1 Å². The fraction of sp³-hybridized carbons (Fsp3) is 0.320. The lowest BCUT2D eigenvalue weighted by Gasteiger charge is -2.33. The lowest BCUT2D eigenvalue weighted by atomic mass is 10.1. The lowest BCUT2D eigenvalue weighted by Crippen LogP contribution is -2.44. The number of carboxylic acids is 1. The Balaban J connectivity index is 0.000000470. The minimum Gasteiger partial charge on any atom is -0.475 e. The number of nitrogens with zero attached hydrogens (tertiary/aromatic N) is 7. The third-order valence-electron chi connectivity index (χ3n) is 6.05. The molecule has 15 heteroatoms. The Labute approximate surface area is 225 Å². The Kier molecular flexibility index (Phi) is 8.52. The number of piperazine rings is 1. The number of likely N-dealkylation sites (N-methyl/N-ethyl adjacent to an activating group) is 1. The second kappa shape index (κ2) is 12.0. The van der Waals surface area contributed by atoms with Crippen LogP contribution in [0.15, 0.2) is 52.2 Å². The smallest absolute Gasteiger partial charge is 0.475 e. The van der Waals surface area contributed by atoms with E-state index in [1.165, 1.54) is 0 Å². The zero-order chi connectivity index (χ0) is 28.9. The highest BCUT2D eigenvalue weighted by Gasteiger charge is 2.38. The summed E-state index contributed by atoms with van der Waals surface area (Å²) in [5.41, 5.74) is 2.44. The Morgan fingerprint density at radius 3 is 2.33 bits per heavy atom. The van der Waals surface area contributed by atoms with Crippen LogP contribution < -0.4 is 10.5 Å². The second-order valence-corrected chi connectivity index (χ2v) is 8.90. The number of nitrogens with one attached hydrogen (secondary N) is 1. The van der Waals surface area contributed by atoms with Crippen LogP contribution in [0.25, 0.3) is 22.8 Å². The molecule has 0 saturated carbocycles. The number of alkyl halides is 3. The normalized spacial score (nSPS) is 14.0. The molecule has 5 rings (SSSR count). The number of aromatic amines is 1. The van der Waals surface area contributed by atoms with Crippen molar-refractivity contribution in [1.29, 1.82) is 0 Å². The Bertz CT molecular complexity index is 1500. The molecule has 4 aromatic rings. The molecule has 0 spiro atoms. The molecule has 210 valence electrons. The van der Waals surface area contributed by atoms with Crippen molar-refractivity contribution >= 4 is 11.8 Å². The van der Waals surface area contributed by atoms with E-state index in [9.17, 15) is 18.0 Å². The van der Waals surface area contributed by atoms with Crippen molar-refractivity contribution in [3.05, 3.63) is 70.4 Å². The summed E-state index contributed by atoms with van der Waals surface area (Å²) < 4.78 is 37.1. The van der Waals surface area contributed by atoms with Crippen LogP contribution in [-0.2, 0) is 11.2 Å². The molecule has 1 aliphatic rings. The number of H-pyrrole nitrogens is 1. The number of aryl methyl sites for hydroxylation is 1. The molecule has 2 N–H and O–H groups in total. The minimum absolute atomic E-state index is 0.199. The summed E-state index contributed by atoms with van der Waals surface area (Å²) in [6.07, 6.45) is 0.187. The fourth-order valence-corrected chi connectivity index (χ4v) is 3.80. The molecule has 0 unspecified atom stereocenters. The van der Waals surface area contributed by atoms with Gasteiger partial charge in [-0.05, 0) is 38.2 Å². The molecular formula is C25H25F3N8O4. The summed E-state index contributed by atoms with van der Waals surface area (Å²) in [6.45, 7) is 5.75. The maximum atomic E-state index is 12.7. The van der Waals surface area contributed by atoms with Gasteiger partial charge in [0.1, 0.15) is 11.6 Å². The molecule has 1 saturated heterocycles. The summed E-state index contributed by atoms with van der Waals surface area (Å²) in [5.74, 6) is -0.523. The van der Waals surface area contributed by atoms with Gasteiger partial charge in [-0.1, -0.05) is 5.16 Å². The topological polar surface area (TPSA) is 154 Å². The first-order chi connectivity index (χ1) is 19.0. The van der Waals surface area contributed by atoms with Crippen molar-refractivity contribution in [2.24, 2.45) is 0 Å². The predicted molar refractivity (Wildman–Crippen MR) is 137 cm³/mol. The minimum atomic E-state index is -5.08. The van der Waals surface area contributed by atoms with E-state index in [0.717, 1.165) is 43.1 Å². The fourth-order valence-electron chi connectivity index (χ4n) is 3.80. The van der Waals surface area contributed by atoms with Crippen LogP contribution in [0.3, 0.4) is 0 Å². The summed E-state index contributed by atoms with van der Waals surface area (Å²) in [7, 11) is 2.13. The van der Waals surface area contributed by atoms with Gasteiger partial charge in [-0.2, -0.15) is 18.2 Å². The number of carboxylic acid groups (broad SMARTS) is 1. The lowest BCUT2D eigenvalue weighted by molar-refractivity contribution is -0.192. The molecule has 0 bridgehead atoms. The number of anilines is 1. The van der Waals surface area contributed by atoms with Gasteiger partial charge in [0.05, 0.1) is 6.42 Å². The number of aliphatic carboxylic acids is 1. The van der Waals surface area contributed by atoms with Gasteiger partial charge in [0.2, 0.25) is 11.7 Å². The van der Waals surface area contributed by atoms with Crippen LogP contribution in [-0.4, -0.2) is 85.5 Å². The van der Waals surface area contributed by atoms with Gasteiger partial charge in [0.25, 0.3) is 5.56 Å². The highest BCUT2D eigenvalue weighted by molar-refractivity contribution is 5.73. The first-order valence-electron chi connectivity index (χ1n) is 12.0. The quantitative estimate of drug-likeness (QED) is 0.371. The van der Waals surface area contributed by atoms with Crippen LogP contribution in [0.4, 0.5) is 19.0 Å². The summed E-state index contributed by atoms with van der Waals surface area (Å²) in [5, 5.41) is 11.2. The van der Waals surface area contributed by atoms with Crippen LogP contribution in [0.2, 0.25) is 0 Å². The highest BCUT2D eigenvalue weighted by Crippen LogP contribution is 2.21. The molecule has 0 aliphatic carbocycles. The van der Waals surface area contributed by atoms with Crippen LogP contribution in [0, 0.1) is 6.92 Å². The molecule has 4 aromatic heterocycles. The zero-order valence-electron chi connectivity index (χ0n) is 21.5. The van der Waals surface area contributed by atoms with E-state index in [4.69, 9.17) is 14.4 Å². The summed E-state index contributed by atoms with van der Waals surface area (Å²) >= 11 is 0. The third-order valence-corrected chi connectivity index (χ3v) is 6.05. The Morgan fingerprint density at radius 1 is 1.07 bits per heavy atom. The van der Waals surface area contributed by atoms with Crippen molar-refractivity contribution < 1.29 is 27.6 Å². The second-order valence-electron chi connectivity index (χ2n) is 8.90. The van der Waals surface area contributed by atoms with Crippen molar-refractivity contribution in [3.8, 4) is 22.8 Å². The first kappa shape index (κ1) is 28.4. The number of hydrogen-bond donors (Lipinski definition) is 2. The standard InChI is InChI=1S/C23H24N8O2.C2HF3O2/c1-15-18(23(32)28-21(26-15)16-5-7-24-8-6-16)13-20-27-22(29-33-20)17-3-4-19(25-14-17)31-11-9-30(2)10-12-31;3-2(4,5)1(6)7/h3-8,14H,9-13H2,1-2H3,(H,26,28,32);(H,6,7). The average Bonchev–Trinajstić information content (AvgIpc) is 3.40. The van der Waals surface area contributed by atoms with Crippen molar-refractivity contribution in [2.75, 3.05) is 38.1 Å². The van der Waals surface area contributed by atoms with E-state index in [-0.39, 0.29) is 12.0 Å². The summed E-state index contributed by atoms with van der Waals surface area (Å²) in [6, 6.07) is 7.51. The maximum Gasteiger partial charge on any atom is 0.490 e. The molecule has 0 atom stereocenters. The van der Waals surface area contributed by atoms with Gasteiger partial charge in [0, 0.05) is 67.2 Å². The van der Waals surface area contributed by atoms with E-state index in [2.05, 4.69) is 46.9 Å². The van der Waals surface area contributed by atoms with Crippen LogP contribution >= 0.6 is 0 Å². The monoisotopic (exact) mass is 558 g/mol. The maximum absolute atomic E-state index is 12.7. The largest absolute Gasteiger partial charge is 0.490 e. The van der Waals surface area contributed by atoms with Crippen molar-refractivity contribution in [1.82, 2.24) is 35.0 Å². The van der Waals surface area contributed by atoms with E-state index in [1.807, 2.05) is 12.1 Å². The number of aromatic nitrogens is 6. The van der Waals surface area contributed by atoms with E-state index >= 15 is 0 Å². The van der Waals surface area contributed by atoms with E-state index in [0.29, 0.717) is 28.8 Å². The number of hydrogen-bond acceptors (Lipinski definition) is 10. The molecule has 0 radical (unpaired) electrons. The van der Waals surface area contributed by atoms with Gasteiger partial charge in [0.15, 0.2) is 0 Å². The first-order valence-corrected chi connectivity index (χ1v) is 12.0. The third kappa shape index (κ3) is 7.05. The predicted octanol–water partition coefficient (Wildman–Crippen LogP) is 2.56. The van der Waals surface area contributed by atoms with Gasteiger partial charge < -0.3 is 24.4 Å².